The van der Waals surface area contributed by atoms with Crippen molar-refractivity contribution in [1.82, 2.24) is 24.6 Å². The summed E-state index contributed by atoms with van der Waals surface area (Å²) in [5.41, 5.74) is 3.55. The number of hydrogen-bond donors (Lipinski definition) is 3. The van der Waals surface area contributed by atoms with Gasteiger partial charge in [0.1, 0.15) is 11.6 Å². The number of carbonyl (C=O) groups is 1. The number of benzene rings is 1. The number of hydrogen-bond acceptors (Lipinski definition) is 7. The van der Waals surface area contributed by atoms with Crippen LogP contribution in [0.1, 0.15) is 101 Å². The van der Waals surface area contributed by atoms with Crippen molar-refractivity contribution in [3.8, 4) is 0 Å². The molecule has 3 aliphatic rings. The van der Waals surface area contributed by atoms with Gasteiger partial charge in [0.15, 0.2) is 0 Å². The van der Waals surface area contributed by atoms with E-state index < -0.39 is 5.97 Å². The minimum atomic E-state index is -0.678. The first-order valence-corrected chi connectivity index (χ1v) is 17.7. The summed E-state index contributed by atoms with van der Waals surface area (Å²) in [7, 11) is 1.95. The zero-order chi connectivity index (χ0) is 33.1. The number of carboxylic acids is 1. The van der Waals surface area contributed by atoms with Crippen molar-refractivity contribution in [2.75, 3.05) is 30.3 Å². The average molecular weight is 646 g/mol. The Balaban J connectivity index is 1.33. The van der Waals surface area contributed by atoms with Crippen molar-refractivity contribution in [1.29, 1.82) is 0 Å². The minimum absolute atomic E-state index is 0.0317. The molecule has 1 aromatic carbocycles. The number of fused-ring (bicyclic) bond motifs is 1. The summed E-state index contributed by atoms with van der Waals surface area (Å²) in [6.07, 6.45) is 12.8. The molecule has 47 heavy (non-hydrogen) atoms. The molecule has 0 radical (unpaired) electrons. The molecule has 10 heteroatoms. The molecular weight excluding hydrogens is 593 g/mol. The van der Waals surface area contributed by atoms with Crippen LogP contribution in [0.4, 0.5) is 16.2 Å². The Hall–Kier alpha value is -3.53. The highest BCUT2D eigenvalue weighted by atomic mass is 19.1. The van der Waals surface area contributed by atoms with Crippen LogP contribution >= 0.6 is 0 Å². The fourth-order valence-corrected chi connectivity index (χ4v) is 8.38. The average Bonchev–Trinajstić information content (AvgIpc) is 3.50. The van der Waals surface area contributed by atoms with E-state index in [1.165, 1.54) is 12.8 Å². The summed E-state index contributed by atoms with van der Waals surface area (Å²) in [5, 5.41) is 21.6. The Morgan fingerprint density at radius 3 is 2.62 bits per heavy atom. The van der Waals surface area contributed by atoms with Crippen LogP contribution in [0.25, 0.3) is 0 Å². The number of nitrogens with one attached hydrogen (secondary N) is 2. The van der Waals surface area contributed by atoms with E-state index in [0.29, 0.717) is 37.0 Å². The second-order valence-corrected chi connectivity index (χ2v) is 14.8. The van der Waals surface area contributed by atoms with E-state index in [2.05, 4.69) is 47.6 Å². The quantitative estimate of drug-likeness (QED) is 0.210. The molecule has 0 spiro atoms. The van der Waals surface area contributed by atoms with Crippen LogP contribution in [-0.2, 0) is 30.1 Å². The maximum atomic E-state index is 15.2. The lowest BCUT2D eigenvalue weighted by Crippen LogP contribution is -2.39. The molecule has 1 saturated heterocycles. The smallest absolute Gasteiger partial charge is 0.306 e. The fraction of sp³-hybridized carbons (Fsp3) is 0.622. The molecular formula is C37H52FN7O2. The molecule has 9 nitrogen and oxygen atoms in total. The highest BCUT2D eigenvalue weighted by molar-refractivity contribution is 5.70. The third-order valence-corrected chi connectivity index (χ3v) is 11.2. The summed E-state index contributed by atoms with van der Waals surface area (Å²) < 4.78 is 17.1. The van der Waals surface area contributed by atoms with Crippen molar-refractivity contribution in [3.05, 3.63) is 64.9 Å². The van der Waals surface area contributed by atoms with E-state index in [4.69, 9.17) is 9.97 Å². The molecule has 0 amide bonds. The number of piperidine rings is 1. The standard InChI is InChI=1S/C37H52FN7O2/c1-5-31(25-12-14-26(15-13-25)35(46)47)41-36-42-32-16-17-37(3,29-10-6-7-11-30(29)38)19-28(32)34(43-36)40-33(27-20-39-44(4)22-27)23-45-18-8-9-24(2)21-45/h6-7,10-11,20,22,24-26,31,33H,5,8-9,12-19,21,23H2,1-4H3,(H,46,47)(H2,40,41,42,43)/t24-,25?,26?,31+,33-,37+/m0/s1. The van der Waals surface area contributed by atoms with Crippen molar-refractivity contribution in [2.24, 2.45) is 24.8 Å². The normalized spacial score (nSPS) is 26.3. The van der Waals surface area contributed by atoms with Gasteiger partial charge in [-0.05, 0) is 99.6 Å². The lowest BCUT2D eigenvalue weighted by atomic mass is 9.69. The molecule has 3 aromatic rings. The molecule has 1 aliphatic heterocycles. The van der Waals surface area contributed by atoms with Gasteiger partial charge in [0.2, 0.25) is 5.95 Å². The van der Waals surface area contributed by atoms with Gasteiger partial charge in [-0.25, -0.2) is 9.37 Å². The van der Waals surface area contributed by atoms with Gasteiger partial charge in [0.25, 0.3) is 0 Å². The number of aryl methyl sites for hydroxylation is 2. The van der Waals surface area contributed by atoms with Crippen LogP contribution in [0, 0.1) is 23.6 Å². The van der Waals surface area contributed by atoms with E-state index in [1.54, 1.807) is 12.1 Å². The van der Waals surface area contributed by atoms with E-state index in [1.807, 2.05) is 30.1 Å². The number of halogens is 1. The summed E-state index contributed by atoms with van der Waals surface area (Å²) in [4.78, 5) is 24.5. The Morgan fingerprint density at radius 1 is 1.15 bits per heavy atom. The van der Waals surface area contributed by atoms with Crippen molar-refractivity contribution < 1.29 is 14.3 Å². The second-order valence-electron chi connectivity index (χ2n) is 14.8. The zero-order valence-electron chi connectivity index (χ0n) is 28.5. The van der Waals surface area contributed by atoms with E-state index in [-0.39, 0.29) is 29.2 Å². The van der Waals surface area contributed by atoms with Gasteiger partial charge in [-0.15, -0.1) is 0 Å². The second kappa shape index (κ2) is 14.3. The molecule has 3 heterocycles. The molecule has 6 rings (SSSR count). The van der Waals surface area contributed by atoms with E-state index in [9.17, 15) is 9.90 Å². The molecule has 0 unspecified atom stereocenters. The lowest BCUT2D eigenvalue weighted by Gasteiger charge is -2.38. The number of aliphatic carboxylic acids is 1. The van der Waals surface area contributed by atoms with Crippen LogP contribution < -0.4 is 10.6 Å². The Bertz CT molecular complexity index is 1540. The molecule has 254 valence electrons. The first kappa shape index (κ1) is 33.4. The number of nitrogens with zero attached hydrogens (tertiary/aromatic N) is 5. The molecule has 2 aromatic heterocycles. The van der Waals surface area contributed by atoms with Gasteiger partial charge in [-0.3, -0.25) is 9.48 Å². The number of aromatic nitrogens is 4. The first-order chi connectivity index (χ1) is 22.6. The van der Waals surface area contributed by atoms with Crippen LogP contribution in [0.2, 0.25) is 0 Å². The van der Waals surface area contributed by atoms with Crippen LogP contribution in [-0.4, -0.2) is 61.4 Å². The van der Waals surface area contributed by atoms with Crippen molar-refractivity contribution >= 4 is 17.7 Å². The predicted octanol–water partition coefficient (Wildman–Crippen LogP) is 6.76. The Labute approximate surface area is 278 Å². The molecule has 3 N–H and O–H groups in total. The summed E-state index contributed by atoms with van der Waals surface area (Å²) in [5.74, 6) is 1.38. The predicted molar refractivity (Wildman–Crippen MR) is 183 cm³/mol. The highest BCUT2D eigenvalue weighted by Gasteiger charge is 2.37. The SMILES string of the molecule is CC[C@@H](Nc1nc2c(c(N[C@@H](CN3CCC[C@H](C)C3)c3cnn(C)c3)n1)C[C@](C)(c1ccccc1F)CC2)C1CCC(C(=O)O)CC1. The number of likely N-dealkylation sites (tertiary alicyclic amines) is 1. The van der Waals surface area contributed by atoms with Crippen LogP contribution in [0.5, 0.6) is 0 Å². The maximum Gasteiger partial charge on any atom is 0.306 e. The summed E-state index contributed by atoms with van der Waals surface area (Å²) in [6.45, 7) is 9.66. The van der Waals surface area contributed by atoms with Gasteiger partial charge >= 0.3 is 5.97 Å². The zero-order valence-corrected chi connectivity index (χ0v) is 28.5. The molecule has 0 bridgehead atoms. The lowest BCUT2D eigenvalue weighted by molar-refractivity contribution is -0.143. The first-order valence-electron chi connectivity index (χ1n) is 17.7. The summed E-state index contributed by atoms with van der Waals surface area (Å²) >= 11 is 0. The Kier molecular flexibility index (Phi) is 10.2. The molecule has 2 aliphatic carbocycles. The molecule has 4 atom stereocenters. The number of anilines is 2. The number of carboxylic acid groups (broad SMARTS) is 1. The topological polar surface area (TPSA) is 108 Å². The largest absolute Gasteiger partial charge is 0.481 e. The minimum Gasteiger partial charge on any atom is -0.481 e. The third kappa shape index (κ3) is 7.63. The molecule has 1 saturated carbocycles. The third-order valence-electron chi connectivity index (χ3n) is 11.2. The molecule has 2 fully saturated rings. The van der Waals surface area contributed by atoms with Gasteiger partial charge in [0, 0.05) is 43.5 Å². The fourth-order valence-electron chi connectivity index (χ4n) is 8.38. The van der Waals surface area contributed by atoms with E-state index in [0.717, 1.165) is 79.9 Å². The monoisotopic (exact) mass is 645 g/mol. The van der Waals surface area contributed by atoms with Gasteiger partial charge in [-0.1, -0.05) is 39.0 Å². The van der Waals surface area contributed by atoms with Gasteiger partial charge in [-0.2, -0.15) is 10.1 Å². The van der Waals surface area contributed by atoms with Crippen LogP contribution in [0.15, 0.2) is 36.7 Å². The van der Waals surface area contributed by atoms with E-state index >= 15 is 4.39 Å². The number of rotatable bonds is 11. The van der Waals surface area contributed by atoms with Crippen molar-refractivity contribution in [2.45, 2.75) is 102 Å². The van der Waals surface area contributed by atoms with Gasteiger partial charge < -0.3 is 20.6 Å². The summed E-state index contributed by atoms with van der Waals surface area (Å²) in [6, 6.07) is 7.29. The van der Waals surface area contributed by atoms with Gasteiger partial charge in [0.05, 0.1) is 23.9 Å². The Morgan fingerprint density at radius 2 is 1.94 bits per heavy atom. The van der Waals surface area contributed by atoms with Crippen molar-refractivity contribution in [3.63, 3.8) is 0 Å². The van der Waals surface area contributed by atoms with Crippen LogP contribution in [0.3, 0.4) is 0 Å². The highest BCUT2D eigenvalue weighted by Crippen LogP contribution is 2.42. The maximum absolute atomic E-state index is 15.2.